The molecule has 0 fully saturated rings. The third kappa shape index (κ3) is 5.21. The second-order valence-electron chi connectivity index (χ2n) is 8.01. The number of ketones is 1. The molecule has 0 saturated heterocycles. The summed E-state index contributed by atoms with van der Waals surface area (Å²) in [5, 5.41) is 0. The highest BCUT2D eigenvalue weighted by Gasteiger charge is 2.33. The fourth-order valence-electron chi connectivity index (χ4n) is 2.92. The number of anilines is 1. The van der Waals surface area contributed by atoms with E-state index in [1.54, 1.807) is 19.0 Å². The zero-order chi connectivity index (χ0) is 21.3. The number of benzene rings is 1. The van der Waals surface area contributed by atoms with E-state index >= 15 is 0 Å². The summed E-state index contributed by atoms with van der Waals surface area (Å²) in [6, 6.07) is 6.00. The van der Waals surface area contributed by atoms with Crippen LogP contribution in [0.5, 0.6) is 0 Å². The van der Waals surface area contributed by atoms with Crippen molar-refractivity contribution < 1.29 is 18.0 Å². The van der Waals surface area contributed by atoms with Crippen LogP contribution in [-0.2, 0) is 6.18 Å². The maximum absolute atomic E-state index is 12.8. The van der Waals surface area contributed by atoms with Gasteiger partial charge in [-0.3, -0.25) is 14.6 Å². The second kappa shape index (κ2) is 7.77. The summed E-state index contributed by atoms with van der Waals surface area (Å²) in [5.74, 6) is -0.419. The van der Waals surface area contributed by atoms with Crippen molar-refractivity contribution in [3.8, 4) is 0 Å². The van der Waals surface area contributed by atoms with Crippen LogP contribution in [0.15, 0.2) is 35.1 Å². The quantitative estimate of drug-likeness (QED) is 0.769. The Morgan fingerprint density at radius 1 is 1.14 bits per heavy atom. The molecule has 0 aliphatic carbocycles. The minimum absolute atomic E-state index is 0.0260. The van der Waals surface area contributed by atoms with Crippen LogP contribution in [0.2, 0.25) is 0 Å². The van der Waals surface area contributed by atoms with Crippen LogP contribution in [0.3, 0.4) is 0 Å². The summed E-state index contributed by atoms with van der Waals surface area (Å²) in [6.07, 6.45) is -4.39. The highest BCUT2D eigenvalue weighted by Crippen LogP contribution is 2.39. The van der Waals surface area contributed by atoms with E-state index in [1.165, 1.54) is 12.1 Å². The zero-order valence-corrected chi connectivity index (χ0v) is 16.5. The van der Waals surface area contributed by atoms with Gasteiger partial charge in [0, 0.05) is 26.6 Å². The number of H-pyrrole nitrogens is 1. The van der Waals surface area contributed by atoms with Crippen LogP contribution < -0.4 is 10.5 Å². The predicted octanol–water partition coefficient (Wildman–Crippen LogP) is 4.26. The van der Waals surface area contributed by atoms with E-state index in [0.29, 0.717) is 5.56 Å². The van der Waals surface area contributed by atoms with Gasteiger partial charge in [0.15, 0.2) is 5.78 Å². The van der Waals surface area contributed by atoms with E-state index in [2.05, 4.69) is 9.97 Å². The van der Waals surface area contributed by atoms with Gasteiger partial charge in [0.05, 0.1) is 5.56 Å². The molecule has 152 valence electrons. The largest absolute Gasteiger partial charge is 0.416 e. The van der Waals surface area contributed by atoms with Crippen LogP contribution in [0.4, 0.5) is 19.1 Å². The molecule has 0 saturated carbocycles. The van der Waals surface area contributed by atoms with Crippen LogP contribution >= 0.6 is 0 Å². The van der Waals surface area contributed by atoms with Crippen molar-refractivity contribution >= 4 is 11.7 Å². The van der Waals surface area contributed by atoms with Crippen molar-refractivity contribution in [3.63, 3.8) is 0 Å². The van der Waals surface area contributed by atoms with Crippen LogP contribution in [0.1, 0.15) is 54.7 Å². The van der Waals surface area contributed by atoms with Gasteiger partial charge in [0.2, 0.25) is 5.95 Å². The molecule has 0 aliphatic rings. The molecule has 28 heavy (non-hydrogen) atoms. The Kier molecular flexibility index (Phi) is 6.01. The van der Waals surface area contributed by atoms with E-state index in [0.717, 1.165) is 18.2 Å². The summed E-state index contributed by atoms with van der Waals surface area (Å²) in [6.45, 7) is 5.75. The lowest BCUT2D eigenvalue weighted by Gasteiger charge is -2.31. The number of hydrogen-bond donors (Lipinski definition) is 1. The van der Waals surface area contributed by atoms with Gasteiger partial charge in [-0.1, -0.05) is 32.9 Å². The summed E-state index contributed by atoms with van der Waals surface area (Å²) in [7, 11) is 3.37. The van der Waals surface area contributed by atoms with E-state index in [-0.39, 0.29) is 35.2 Å². The van der Waals surface area contributed by atoms with E-state index in [4.69, 9.17) is 0 Å². The monoisotopic (exact) mass is 395 g/mol. The van der Waals surface area contributed by atoms with Gasteiger partial charge in [0.1, 0.15) is 5.69 Å². The molecule has 1 atom stereocenters. The molecular weight excluding hydrogens is 371 g/mol. The van der Waals surface area contributed by atoms with Crippen molar-refractivity contribution in [3.05, 3.63) is 57.5 Å². The molecule has 1 aromatic carbocycles. The smallest absolute Gasteiger partial charge is 0.348 e. The minimum atomic E-state index is -4.41. The standard InChI is InChI=1S/C20H24F3N3O2/c1-19(2,3)14(12-6-8-13(9-7-12)20(21,22)23)10-16(27)15-11-17(28)25-18(24-15)26(4)5/h6-9,11,14H,10H2,1-5H3,(H,24,25,28)/t14-/m1/s1. The Hall–Kier alpha value is -2.64. The Morgan fingerprint density at radius 3 is 2.18 bits per heavy atom. The third-order valence-electron chi connectivity index (χ3n) is 4.51. The number of hydrogen-bond acceptors (Lipinski definition) is 4. The fourth-order valence-corrected chi connectivity index (χ4v) is 2.92. The Labute approximate surface area is 161 Å². The zero-order valence-electron chi connectivity index (χ0n) is 16.5. The highest BCUT2D eigenvalue weighted by atomic mass is 19.4. The van der Waals surface area contributed by atoms with Gasteiger partial charge >= 0.3 is 6.18 Å². The summed E-state index contributed by atoms with van der Waals surface area (Å²) in [4.78, 5) is 32.9. The molecule has 5 nitrogen and oxygen atoms in total. The van der Waals surface area contributed by atoms with Crippen molar-refractivity contribution in [1.29, 1.82) is 0 Å². The van der Waals surface area contributed by atoms with Crippen molar-refractivity contribution in [1.82, 2.24) is 9.97 Å². The van der Waals surface area contributed by atoms with E-state index in [1.807, 2.05) is 20.8 Å². The molecule has 8 heteroatoms. The first-order valence-electron chi connectivity index (χ1n) is 8.78. The number of halogens is 3. The van der Waals surface area contributed by atoms with Crippen molar-refractivity contribution in [2.75, 3.05) is 19.0 Å². The predicted molar refractivity (Wildman–Crippen MR) is 102 cm³/mol. The molecule has 2 rings (SSSR count). The van der Waals surface area contributed by atoms with Gasteiger partial charge in [-0.2, -0.15) is 13.2 Å². The number of rotatable bonds is 5. The third-order valence-corrected chi connectivity index (χ3v) is 4.51. The number of nitrogens with one attached hydrogen (secondary N) is 1. The fraction of sp³-hybridized carbons (Fsp3) is 0.450. The number of aromatic amines is 1. The lowest BCUT2D eigenvalue weighted by atomic mass is 9.73. The molecule has 0 bridgehead atoms. The number of aromatic nitrogens is 2. The molecule has 0 amide bonds. The summed E-state index contributed by atoms with van der Waals surface area (Å²) >= 11 is 0. The maximum Gasteiger partial charge on any atom is 0.416 e. The number of nitrogens with zero attached hydrogens (tertiary/aromatic N) is 2. The minimum Gasteiger partial charge on any atom is -0.348 e. The van der Waals surface area contributed by atoms with Crippen LogP contribution in [0.25, 0.3) is 0 Å². The SMILES string of the molecule is CN(C)c1nc(C(=O)C[C@H](c2ccc(C(F)(F)F)cc2)C(C)(C)C)cc(=O)[nH]1. The molecule has 1 N–H and O–H groups in total. The molecule has 0 spiro atoms. The number of alkyl halides is 3. The van der Waals surface area contributed by atoms with Crippen molar-refractivity contribution in [2.45, 2.75) is 39.3 Å². The highest BCUT2D eigenvalue weighted by molar-refractivity contribution is 5.95. The van der Waals surface area contributed by atoms with Gasteiger partial charge < -0.3 is 4.90 Å². The summed E-state index contributed by atoms with van der Waals surface area (Å²) in [5.41, 5.74) is -0.896. The molecule has 0 unspecified atom stereocenters. The first-order valence-corrected chi connectivity index (χ1v) is 8.78. The number of Topliss-reactive ketones (excluding diaryl/α,β-unsaturated/α-hetero) is 1. The molecule has 0 aliphatic heterocycles. The van der Waals surface area contributed by atoms with E-state index in [9.17, 15) is 22.8 Å². The first kappa shape index (κ1) is 21.7. The van der Waals surface area contributed by atoms with E-state index < -0.39 is 17.3 Å². The van der Waals surface area contributed by atoms with Gasteiger partial charge in [-0.15, -0.1) is 0 Å². The molecule has 0 radical (unpaired) electrons. The lowest BCUT2D eigenvalue weighted by molar-refractivity contribution is -0.137. The average molecular weight is 395 g/mol. The molecule has 1 heterocycles. The summed E-state index contributed by atoms with van der Waals surface area (Å²) < 4.78 is 38.5. The van der Waals surface area contributed by atoms with Crippen molar-refractivity contribution in [2.24, 2.45) is 5.41 Å². The Morgan fingerprint density at radius 2 is 1.71 bits per heavy atom. The Bertz CT molecular complexity index is 895. The normalized spacial score (nSPS) is 13.3. The topological polar surface area (TPSA) is 66.1 Å². The second-order valence-corrected chi connectivity index (χ2v) is 8.01. The molecule has 2 aromatic rings. The van der Waals surface area contributed by atoms with Gasteiger partial charge in [-0.05, 0) is 29.0 Å². The molecule has 1 aromatic heterocycles. The number of carbonyl (C=O) groups is 1. The number of carbonyl (C=O) groups excluding carboxylic acids is 1. The van der Waals surface area contributed by atoms with Crippen LogP contribution in [-0.4, -0.2) is 29.8 Å². The maximum atomic E-state index is 12.8. The molecular formula is C20H24F3N3O2. The Balaban J connectivity index is 2.36. The first-order chi connectivity index (χ1) is 12.8. The average Bonchev–Trinajstić information content (AvgIpc) is 2.57. The lowest BCUT2D eigenvalue weighted by Crippen LogP contribution is -2.24. The van der Waals surface area contributed by atoms with Crippen LogP contribution in [0, 0.1) is 5.41 Å². The van der Waals surface area contributed by atoms with Gasteiger partial charge in [-0.25, -0.2) is 4.98 Å². The van der Waals surface area contributed by atoms with Gasteiger partial charge in [0.25, 0.3) is 5.56 Å².